The van der Waals surface area contributed by atoms with Gasteiger partial charge in [0, 0.05) is 25.4 Å². The Bertz CT molecular complexity index is 417. The number of rotatable bonds is 11. The molecule has 26 heavy (non-hydrogen) atoms. The largest absolute Gasteiger partial charge is 0.480 e. The molecule has 5 heteroatoms. The van der Waals surface area contributed by atoms with E-state index in [9.17, 15) is 9.90 Å². The average molecular weight is 368 g/mol. The van der Waals surface area contributed by atoms with E-state index >= 15 is 0 Å². The minimum atomic E-state index is -0.827. The van der Waals surface area contributed by atoms with Crippen LogP contribution in [0, 0.1) is 0 Å². The van der Waals surface area contributed by atoms with Gasteiger partial charge in [0.1, 0.15) is 6.04 Å². The third kappa shape index (κ3) is 18.5. The number of hydrogen-bond acceptors (Lipinski definition) is 3. The molecule has 0 aliphatic rings. The van der Waals surface area contributed by atoms with Gasteiger partial charge in [-0.1, -0.05) is 52.3 Å². The van der Waals surface area contributed by atoms with E-state index in [0.29, 0.717) is 12.1 Å². The lowest BCUT2D eigenvalue weighted by atomic mass is 10.1. The number of allylic oxidation sites excluding steroid dienone is 2. The smallest absolute Gasteiger partial charge is 0.321 e. The van der Waals surface area contributed by atoms with Crippen molar-refractivity contribution >= 4 is 12.3 Å². The summed E-state index contributed by atoms with van der Waals surface area (Å²) in [6.45, 7) is 17.9. The van der Waals surface area contributed by atoms with Gasteiger partial charge in [0.25, 0.3) is 0 Å². The van der Waals surface area contributed by atoms with Crippen molar-refractivity contribution in [1.29, 1.82) is 0 Å². The predicted octanol–water partition coefficient (Wildman–Crippen LogP) is 5.18. The summed E-state index contributed by atoms with van der Waals surface area (Å²) in [6.07, 6.45) is 10.7. The third-order valence-corrected chi connectivity index (χ3v) is 3.17. The molecule has 5 nitrogen and oxygen atoms in total. The van der Waals surface area contributed by atoms with Gasteiger partial charge in [-0.2, -0.15) is 0 Å². The number of aliphatic imine (C=N–C) groups is 1. The van der Waals surface area contributed by atoms with Crippen molar-refractivity contribution in [1.82, 2.24) is 9.80 Å². The summed E-state index contributed by atoms with van der Waals surface area (Å²) in [7, 11) is 3.71. The van der Waals surface area contributed by atoms with Crippen LogP contribution >= 0.6 is 0 Å². The Morgan fingerprint density at radius 1 is 1.23 bits per heavy atom. The summed E-state index contributed by atoms with van der Waals surface area (Å²) < 4.78 is 0. The van der Waals surface area contributed by atoms with Gasteiger partial charge in [-0.25, -0.2) is 4.99 Å². The summed E-state index contributed by atoms with van der Waals surface area (Å²) in [4.78, 5) is 19.3. The van der Waals surface area contributed by atoms with E-state index in [2.05, 4.69) is 25.1 Å². The van der Waals surface area contributed by atoms with E-state index in [-0.39, 0.29) is 0 Å². The Labute approximate surface area is 161 Å². The molecule has 0 spiro atoms. The van der Waals surface area contributed by atoms with Crippen molar-refractivity contribution < 1.29 is 9.90 Å². The Morgan fingerprint density at radius 2 is 1.77 bits per heavy atom. The van der Waals surface area contributed by atoms with Crippen molar-refractivity contribution in [3.63, 3.8) is 0 Å². The highest BCUT2D eigenvalue weighted by Crippen LogP contribution is 2.12. The lowest BCUT2D eigenvalue weighted by molar-refractivity contribution is -0.142. The molecule has 0 amide bonds. The predicted molar refractivity (Wildman–Crippen MR) is 116 cm³/mol. The quantitative estimate of drug-likeness (QED) is 0.237. The Morgan fingerprint density at radius 3 is 2.19 bits per heavy atom. The van der Waals surface area contributed by atoms with E-state index in [1.165, 1.54) is 0 Å². The van der Waals surface area contributed by atoms with Crippen LogP contribution in [0.4, 0.5) is 0 Å². The van der Waals surface area contributed by atoms with Crippen LogP contribution in [0.15, 0.2) is 42.2 Å². The van der Waals surface area contributed by atoms with Gasteiger partial charge in [-0.3, -0.25) is 9.69 Å². The number of nitrogens with zero attached hydrogens (tertiary/aromatic N) is 3. The van der Waals surface area contributed by atoms with Crippen LogP contribution in [0.1, 0.15) is 60.3 Å². The molecule has 0 aromatic heterocycles. The molecule has 0 aromatic carbocycles. The van der Waals surface area contributed by atoms with Crippen molar-refractivity contribution in [2.75, 3.05) is 20.6 Å². The molecular weight excluding hydrogens is 326 g/mol. The van der Waals surface area contributed by atoms with Crippen LogP contribution in [-0.2, 0) is 4.79 Å². The second kappa shape index (κ2) is 21.2. The highest BCUT2D eigenvalue weighted by Gasteiger charge is 2.22. The number of carboxylic acid groups (broad SMARTS) is 1. The van der Waals surface area contributed by atoms with Gasteiger partial charge in [-0.15, -0.1) is 6.58 Å². The summed E-state index contributed by atoms with van der Waals surface area (Å²) in [6, 6.07) is -0.571. The number of unbranched alkanes of at least 4 members (excludes halogenated alkanes) is 2. The van der Waals surface area contributed by atoms with E-state index < -0.39 is 12.0 Å². The maximum atomic E-state index is 11.4. The van der Waals surface area contributed by atoms with Crippen molar-refractivity contribution in [3.05, 3.63) is 37.2 Å². The molecule has 0 heterocycles. The van der Waals surface area contributed by atoms with Crippen LogP contribution in [0.25, 0.3) is 0 Å². The van der Waals surface area contributed by atoms with Gasteiger partial charge in [0.15, 0.2) is 0 Å². The zero-order valence-electron chi connectivity index (χ0n) is 18.0. The van der Waals surface area contributed by atoms with E-state index in [1.54, 1.807) is 17.3 Å². The van der Waals surface area contributed by atoms with E-state index in [0.717, 1.165) is 25.8 Å². The Balaban J connectivity index is -0.000000950. The van der Waals surface area contributed by atoms with Crippen molar-refractivity contribution in [2.45, 2.75) is 66.3 Å². The molecule has 0 fully saturated rings. The molecule has 0 rings (SSSR count). The minimum absolute atomic E-state index is 0.331. The first-order valence-electron chi connectivity index (χ1n) is 9.40. The maximum Gasteiger partial charge on any atom is 0.321 e. The number of hydrogen-bond donors (Lipinski definition) is 1. The van der Waals surface area contributed by atoms with E-state index in [1.807, 2.05) is 59.0 Å². The summed E-state index contributed by atoms with van der Waals surface area (Å²) >= 11 is 0. The zero-order chi connectivity index (χ0) is 21.0. The Kier molecular flexibility index (Phi) is 23.5. The normalized spacial score (nSPS) is 11.4. The SMILES string of the molecule is C=C(CC(C(=O)O)N(C)CCCCC)N=CN(C)/C=C/C.C=CC.CC. The number of aliphatic carboxylic acids is 1. The number of likely N-dealkylation sites (N-methyl/N-ethyl adjacent to an activating group) is 1. The van der Waals surface area contributed by atoms with Gasteiger partial charge < -0.3 is 10.0 Å². The molecule has 0 bridgehead atoms. The molecule has 0 saturated carbocycles. The Hall–Kier alpha value is -1.88. The minimum Gasteiger partial charge on any atom is -0.480 e. The van der Waals surface area contributed by atoms with E-state index in [4.69, 9.17) is 0 Å². The fourth-order valence-corrected chi connectivity index (χ4v) is 1.92. The molecule has 1 atom stereocenters. The van der Waals surface area contributed by atoms with Crippen LogP contribution in [0.2, 0.25) is 0 Å². The second-order valence-corrected chi connectivity index (χ2v) is 5.61. The van der Waals surface area contributed by atoms with Gasteiger partial charge >= 0.3 is 5.97 Å². The molecule has 0 aromatic rings. The molecular formula is C21H41N3O2. The van der Waals surface area contributed by atoms with Crippen molar-refractivity contribution in [2.24, 2.45) is 4.99 Å². The molecule has 152 valence electrons. The molecule has 0 radical (unpaired) electrons. The average Bonchev–Trinajstić information content (AvgIpc) is 2.60. The van der Waals surface area contributed by atoms with Gasteiger partial charge in [0.2, 0.25) is 0 Å². The zero-order valence-corrected chi connectivity index (χ0v) is 18.0. The second-order valence-electron chi connectivity index (χ2n) is 5.61. The molecule has 0 aliphatic carbocycles. The van der Waals surface area contributed by atoms with Crippen molar-refractivity contribution in [3.8, 4) is 0 Å². The standard InChI is InChI=1S/C16H29N3O2.C3H6.C2H6/c1-6-8-9-11-19(5)15(16(20)21)12-14(3)17-13-18(4)10-7-2;1-3-2;1-2/h7,10,13,15H,3,6,8-9,11-12H2,1-2,4-5H3,(H,20,21);3H,1H2,2H3;1-2H3/b10-7+,17-13?;;. The summed E-state index contributed by atoms with van der Waals surface area (Å²) in [5.41, 5.74) is 0.570. The maximum absolute atomic E-state index is 11.4. The first-order valence-corrected chi connectivity index (χ1v) is 9.40. The molecule has 1 unspecified atom stereocenters. The lowest BCUT2D eigenvalue weighted by Crippen LogP contribution is -2.39. The molecule has 0 aliphatic heterocycles. The fraction of sp³-hybridized carbons (Fsp3) is 0.619. The van der Waals surface area contributed by atoms with Crippen LogP contribution in [0.5, 0.6) is 0 Å². The van der Waals surface area contributed by atoms with Crippen LogP contribution < -0.4 is 0 Å². The third-order valence-electron chi connectivity index (χ3n) is 3.17. The number of carbonyl (C=O) groups is 1. The van der Waals surface area contributed by atoms with Crippen LogP contribution in [0.3, 0.4) is 0 Å². The summed E-state index contributed by atoms with van der Waals surface area (Å²) in [5, 5.41) is 9.35. The van der Waals surface area contributed by atoms with Crippen LogP contribution in [-0.4, -0.2) is 53.9 Å². The highest BCUT2D eigenvalue weighted by atomic mass is 16.4. The first-order chi connectivity index (χ1) is 12.3. The summed E-state index contributed by atoms with van der Waals surface area (Å²) in [5.74, 6) is -0.827. The topological polar surface area (TPSA) is 56.1 Å². The monoisotopic (exact) mass is 367 g/mol. The van der Waals surface area contributed by atoms with Gasteiger partial charge in [0.05, 0.1) is 6.34 Å². The number of carboxylic acids is 1. The lowest BCUT2D eigenvalue weighted by Gasteiger charge is -2.24. The molecule has 0 saturated heterocycles. The van der Waals surface area contributed by atoms with Gasteiger partial charge in [-0.05, 0) is 33.9 Å². The first kappa shape index (κ1) is 28.9. The highest BCUT2D eigenvalue weighted by molar-refractivity contribution is 5.74. The fourth-order valence-electron chi connectivity index (χ4n) is 1.92. The molecule has 1 N–H and O–H groups in total.